The van der Waals surface area contributed by atoms with Gasteiger partial charge in [0.05, 0.1) is 19.3 Å². The van der Waals surface area contributed by atoms with E-state index in [9.17, 15) is 4.79 Å². The van der Waals surface area contributed by atoms with Crippen LogP contribution < -0.4 is 5.73 Å². The van der Waals surface area contributed by atoms with Gasteiger partial charge in [-0.2, -0.15) is 0 Å². The SMILES string of the molecule is CC1(C)CC(OCCN)CN1C(=O)O. The zero-order valence-electron chi connectivity index (χ0n) is 8.69. The molecule has 0 aromatic rings. The van der Waals surface area contributed by atoms with Gasteiger partial charge in [-0.05, 0) is 20.3 Å². The van der Waals surface area contributed by atoms with Crippen molar-refractivity contribution in [3.63, 3.8) is 0 Å². The Kier molecular flexibility index (Phi) is 3.34. The first kappa shape index (κ1) is 11.3. The minimum Gasteiger partial charge on any atom is -0.465 e. The Hall–Kier alpha value is -0.810. The molecule has 1 rings (SSSR count). The number of nitrogens with zero attached hydrogens (tertiary/aromatic N) is 1. The highest BCUT2D eigenvalue weighted by Gasteiger charge is 2.41. The van der Waals surface area contributed by atoms with E-state index in [2.05, 4.69) is 0 Å². The van der Waals surface area contributed by atoms with Crippen molar-refractivity contribution in [1.29, 1.82) is 0 Å². The molecule has 3 N–H and O–H groups in total. The lowest BCUT2D eigenvalue weighted by Gasteiger charge is -2.27. The van der Waals surface area contributed by atoms with E-state index in [0.29, 0.717) is 19.7 Å². The second-order valence-corrected chi connectivity index (χ2v) is 4.19. The molecule has 0 spiro atoms. The largest absolute Gasteiger partial charge is 0.465 e. The molecule has 0 aliphatic carbocycles. The van der Waals surface area contributed by atoms with Crippen LogP contribution >= 0.6 is 0 Å². The van der Waals surface area contributed by atoms with Crippen molar-refractivity contribution in [2.45, 2.75) is 31.9 Å². The van der Waals surface area contributed by atoms with Gasteiger partial charge in [0.2, 0.25) is 0 Å². The van der Waals surface area contributed by atoms with Crippen LogP contribution in [-0.2, 0) is 4.74 Å². The van der Waals surface area contributed by atoms with Crippen LogP contribution in [0.25, 0.3) is 0 Å². The molecule has 14 heavy (non-hydrogen) atoms. The van der Waals surface area contributed by atoms with Crippen molar-refractivity contribution in [3.05, 3.63) is 0 Å². The van der Waals surface area contributed by atoms with Crippen molar-refractivity contribution >= 4 is 6.09 Å². The third kappa shape index (κ3) is 2.36. The van der Waals surface area contributed by atoms with E-state index >= 15 is 0 Å². The van der Waals surface area contributed by atoms with E-state index < -0.39 is 6.09 Å². The Morgan fingerprint density at radius 1 is 1.71 bits per heavy atom. The molecular formula is C9H18N2O3. The molecule has 82 valence electrons. The molecule has 1 aliphatic rings. The Bertz CT molecular complexity index is 218. The third-order valence-corrected chi connectivity index (χ3v) is 2.55. The van der Waals surface area contributed by atoms with Crippen molar-refractivity contribution in [2.75, 3.05) is 19.7 Å². The summed E-state index contributed by atoms with van der Waals surface area (Å²) in [5, 5.41) is 8.94. The summed E-state index contributed by atoms with van der Waals surface area (Å²) >= 11 is 0. The summed E-state index contributed by atoms with van der Waals surface area (Å²) in [7, 11) is 0. The highest BCUT2D eigenvalue weighted by molar-refractivity contribution is 5.66. The van der Waals surface area contributed by atoms with Gasteiger partial charge in [0.1, 0.15) is 0 Å². The summed E-state index contributed by atoms with van der Waals surface area (Å²) in [6.07, 6.45) is -0.155. The van der Waals surface area contributed by atoms with Crippen LogP contribution in [0.5, 0.6) is 0 Å². The second-order valence-electron chi connectivity index (χ2n) is 4.19. The highest BCUT2D eigenvalue weighted by atomic mass is 16.5. The Morgan fingerprint density at radius 3 is 2.79 bits per heavy atom. The minimum absolute atomic E-state index is 0.00958. The first-order valence-electron chi connectivity index (χ1n) is 4.79. The van der Waals surface area contributed by atoms with E-state index in [-0.39, 0.29) is 11.6 Å². The molecule has 1 heterocycles. The maximum absolute atomic E-state index is 10.9. The normalized spacial score (nSPS) is 25.4. The number of ether oxygens (including phenoxy) is 1. The standard InChI is InChI=1S/C9H18N2O3/c1-9(2)5-7(14-4-3-10)6-11(9)8(12)13/h7H,3-6,10H2,1-2H3,(H,12,13). The van der Waals surface area contributed by atoms with Gasteiger partial charge in [-0.25, -0.2) is 4.79 Å². The Balaban J connectivity index is 2.53. The summed E-state index contributed by atoms with van der Waals surface area (Å²) in [6.45, 7) is 5.24. The number of carboxylic acid groups (broad SMARTS) is 1. The smallest absolute Gasteiger partial charge is 0.407 e. The molecular weight excluding hydrogens is 184 g/mol. The van der Waals surface area contributed by atoms with Gasteiger partial charge >= 0.3 is 6.09 Å². The van der Waals surface area contributed by atoms with Gasteiger partial charge in [-0.15, -0.1) is 0 Å². The fourth-order valence-corrected chi connectivity index (χ4v) is 1.87. The second kappa shape index (κ2) is 4.14. The first-order valence-corrected chi connectivity index (χ1v) is 4.79. The van der Waals surface area contributed by atoms with Gasteiger partial charge in [-0.1, -0.05) is 0 Å². The molecule has 1 aliphatic heterocycles. The number of likely N-dealkylation sites (tertiary alicyclic amines) is 1. The van der Waals surface area contributed by atoms with Crippen molar-refractivity contribution in [1.82, 2.24) is 4.90 Å². The van der Waals surface area contributed by atoms with Crippen LogP contribution in [0.15, 0.2) is 0 Å². The maximum Gasteiger partial charge on any atom is 0.407 e. The molecule has 0 bridgehead atoms. The van der Waals surface area contributed by atoms with Crippen molar-refractivity contribution in [2.24, 2.45) is 5.73 Å². The maximum atomic E-state index is 10.9. The number of nitrogens with two attached hydrogens (primary N) is 1. The predicted molar refractivity (Wildman–Crippen MR) is 52.2 cm³/mol. The number of amides is 1. The van der Waals surface area contributed by atoms with Gasteiger partial charge in [-0.3, -0.25) is 0 Å². The molecule has 0 aromatic carbocycles. The Labute approximate surface area is 83.8 Å². The average Bonchev–Trinajstić information content (AvgIpc) is 2.37. The third-order valence-electron chi connectivity index (χ3n) is 2.55. The molecule has 0 radical (unpaired) electrons. The summed E-state index contributed by atoms with van der Waals surface area (Å²) in [6, 6.07) is 0. The van der Waals surface area contributed by atoms with Crippen LogP contribution in [0, 0.1) is 0 Å². The van der Waals surface area contributed by atoms with Crippen molar-refractivity contribution < 1.29 is 14.6 Å². The molecule has 1 unspecified atom stereocenters. The zero-order valence-corrected chi connectivity index (χ0v) is 8.69. The lowest BCUT2D eigenvalue weighted by molar-refractivity contribution is 0.0639. The van der Waals surface area contributed by atoms with Crippen molar-refractivity contribution in [3.8, 4) is 0 Å². The molecule has 5 heteroatoms. The average molecular weight is 202 g/mol. The quantitative estimate of drug-likeness (QED) is 0.698. The molecule has 1 fully saturated rings. The predicted octanol–water partition coefficient (Wildman–Crippen LogP) is 0.493. The van der Waals surface area contributed by atoms with Crippen LogP contribution in [0.1, 0.15) is 20.3 Å². The highest BCUT2D eigenvalue weighted by Crippen LogP contribution is 2.30. The van der Waals surface area contributed by atoms with E-state index in [4.69, 9.17) is 15.6 Å². The summed E-state index contributed by atoms with van der Waals surface area (Å²) < 4.78 is 5.44. The molecule has 1 atom stereocenters. The topological polar surface area (TPSA) is 75.8 Å². The van der Waals surface area contributed by atoms with E-state index in [0.717, 1.165) is 6.42 Å². The van der Waals surface area contributed by atoms with E-state index in [1.165, 1.54) is 4.90 Å². The molecule has 0 saturated carbocycles. The summed E-state index contributed by atoms with van der Waals surface area (Å²) in [5.41, 5.74) is 4.99. The van der Waals surface area contributed by atoms with E-state index in [1.807, 2.05) is 13.8 Å². The molecule has 0 aromatic heterocycles. The van der Waals surface area contributed by atoms with Gasteiger partial charge < -0.3 is 20.5 Å². The van der Waals surface area contributed by atoms with Crippen LogP contribution in [-0.4, -0.2) is 47.4 Å². The minimum atomic E-state index is -0.881. The van der Waals surface area contributed by atoms with Crippen LogP contribution in [0.4, 0.5) is 4.79 Å². The number of hydrogen-bond acceptors (Lipinski definition) is 3. The van der Waals surface area contributed by atoms with Gasteiger partial charge in [0.25, 0.3) is 0 Å². The molecule has 1 amide bonds. The lowest BCUT2D eigenvalue weighted by atomic mass is 10.0. The fourth-order valence-electron chi connectivity index (χ4n) is 1.87. The number of rotatable bonds is 3. The number of hydrogen-bond donors (Lipinski definition) is 2. The van der Waals surface area contributed by atoms with Gasteiger partial charge in [0.15, 0.2) is 0 Å². The Morgan fingerprint density at radius 2 is 2.36 bits per heavy atom. The monoisotopic (exact) mass is 202 g/mol. The van der Waals surface area contributed by atoms with E-state index in [1.54, 1.807) is 0 Å². The molecule has 5 nitrogen and oxygen atoms in total. The zero-order chi connectivity index (χ0) is 10.8. The lowest BCUT2D eigenvalue weighted by Crippen LogP contribution is -2.41. The first-order chi connectivity index (χ1) is 6.47. The number of carbonyl (C=O) groups is 1. The van der Waals surface area contributed by atoms with Gasteiger partial charge in [0, 0.05) is 12.1 Å². The van der Waals surface area contributed by atoms with Crippen LogP contribution in [0.3, 0.4) is 0 Å². The summed E-state index contributed by atoms with van der Waals surface area (Å²) in [4.78, 5) is 12.3. The summed E-state index contributed by atoms with van der Waals surface area (Å²) in [5.74, 6) is 0. The van der Waals surface area contributed by atoms with Crippen LogP contribution in [0.2, 0.25) is 0 Å². The molecule has 1 saturated heterocycles. The fraction of sp³-hybridized carbons (Fsp3) is 0.889.